The summed E-state index contributed by atoms with van der Waals surface area (Å²) >= 11 is 0. The fourth-order valence-corrected chi connectivity index (χ4v) is 2.49. The molecule has 4 atom stereocenters. The zero-order valence-corrected chi connectivity index (χ0v) is 11.4. The molecule has 0 bridgehead atoms. The largest absolute Gasteiger partial charge is 0.352 e. The Morgan fingerprint density at radius 1 is 1.25 bits per heavy atom. The first-order chi connectivity index (χ1) is 9.81. The van der Waals surface area contributed by atoms with Crippen LogP contribution in [0.1, 0.15) is 11.9 Å². The maximum absolute atomic E-state index is 6.03. The topological polar surface area (TPSA) is 36.9 Å². The minimum absolute atomic E-state index is 0.169. The van der Waals surface area contributed by atoms with E-state index in [0.29, 0.717) is 6.61 Å². The molecule has 1 unspecified atom stereocenters. The molecule has 0 aromatic heterocycles. The summed E-state index contributed by atoms with van der Waals surface area (Å²) in [5.74, 6) is 0. The summed E-state index contributed by atoms with van der Waals surface area (Å²) in [4.78, 5) is 0. The Balaban J connectivity index is 1.81. The second-order valence-electron chi connectivity index (χ2n) is 4.78. The van der Waals surface area contributed by atoms with Crippen LogP contribution in [-0.4, -0.2) is 32.2 Å². The molecule has 106 valence electrons. The highest BCUT2D eigenvalue weighted by molar-refractivity contribution is 5.27. The van der Waals surface area contributed by atoms with Crippen molar-refractivity contribution in [2.75, 3.05) is 13.7 Å². The van der Waals surface area contributed by atoms with E-state index in [1.807, 2.05) is 36.4 Å². The number of benzene rings is 1. The summed E-state index contributed by atoms with van der Waals surface area (Å²) in [7, 11) is 1.61. The van der Waals surface area contributed by atoms with Crippen molar-refractivity contribution in [2.24, 2.45) is 0 Å². The first kappa shape index (κ1) is 13.5. The fourth-order valence-electron chi connectivity index (χ4n) is 2.49. The van der Waals surface area contributed by atoms with Crippen LogP contribution in [0.2, 0.25) is 0 Å². The van der Waals surface area contributed by atoms with E-state index in [-0.39, 0.29) is 24.8 Å². The molecule has 2 aliphatic rings. The molecular weight excluding hydrogens is 256 g/mol. The molecular formula is C16H18O4. The van der Waals surface area contributed by atoms with Crippen LogP contribution in [-0.2, 0) is 18.9 Å². The van der Waals surface area contributed by atoms with Gasteiger partial charge in [0, 0.05) is 12.7 Å². The molecule has 1 fully saturated rings. The maximum Gasteiger partial charge on any atom is 0.184 e. The average molecular weight is 274 g/mol. The first-order valence-corrected chi connectivity index (χ1v) is 6.66. The highest BCUT2D eigenvalue weighted by Gasteiger charge is 2.39. The van der Waals surface area contributed by atoms with E-state index < -0.39 is 0 Å². The predicted octanol–water partition coefficient (Wildman–Crippen LogP) is 2.58. The molecule has 20 heavy (non-hydrogen) atoms. The van der Waals surface area contributed by atoms with Crippen LogP contribution < -0.4 is 0 Å². The summed E-state index contributed by atoms with van der Waals surface area (Å²) in [5, 5.41) is 0. The van der Waals surface area contributed by atoms with Crippen LogP contribution in [0.5, 0.6) is 0 Å². The van der Waals surface area contributed by atoms with Gasteiger partial charge in [-0.15, -0.1) is 0 Å². The van der Waals surface area contributed by atoms with Crippen molar-refractivity contribution < 1.29 is 18.9 Å². The quantitative estimate of drug-likeness (QED) is 0.849. The van der Waals surface area contributed by atoms with Crippen LogP contribution in [0.15, 0.2) is 54.6 Å². The summed E-state index contributed by atoms with van der Waals surface area (Å²) in [6, 6.07) is 9.89. The third-order valence-electron chi connectivity index (χ3n) is 3.53. The van der Waals surface area contributed by atoms with Crippen molar-refractivity contribution in [1.82, 2.24) is 0 Å². The molecule has 0 N–H and O–H groups in total. The van der Waals surface area contributed by atoms with Gasteiger partial charge in [0.05, 0.1) is 6.61 Å². The van der Waals surface area contributed by atoms with Gasteiger partial charge < -0.3 is 18.9 Å². The number of rotatable bonds is 3. The van der Waals surface area contributed by atoms with Gasteiger partial charge in [0.2, 0.25) is 0 Å². The van der Waals surface area contributed by atoms with Gasteiger partial charge in [-0.1, -0.05) is 43.0 Å². The molecule has 1 aromatic rings. The number of methoxy groups -OCH3 is 1. The van der Waals surface area contributed by atoms with Crippen molar-refractivity contribution in [3.8, 4) is 0 Å². The number of hydrogen-bond acceptors (Lipinski definition) is 4. The van der Waals surface area contributed by atoms with Gasteiger partial charge in [-0.05, 0) is 11.6 Å². The molecule has 2 heterocycles. The van der Waals surface area contributed by atoms with E-state index in [2.05, 4.69) is 6.58 Å². The predicted molar refractivity (Wildman–Crippen MR) is 74.0 cm³/mol. The summed E-state index contributed by atoms with van der Waals surface area (Å²) < 4.78 is 22.8. The van der Waals surface area contributed by atoms with Crippen LogP contribution in [0.4, 0.5) is 0 Å². The number of fused-ring (bicyclic) bond motifs is 1. The van der Waals surface area contributed by atoms with Crippen molar-refractivity contribution >= 4 is 0 Å². The Morgan fingerprint density at radius 3 is 2.75 bits per heavy atom. The SMILES string of the molecule is C=CC1=C[C@@H](OC)O[C@@H]2COC(c3ccccc3)O[C@@H]12. The van der Waals surface area contributed by atoms with Gasteiger partial charge in [-0.3, -0.25) is 0 Å². The zero-order chi connectivity index (χ0) is 13.9. The van der Waals surface area contributed by atoms with Crippen molar-refractivity contribution in [1.29, 1.82) is 0 Å². The molecule has 2 aliphatic heterocycles. The molecule has 0 aliphatic carbocycles. The highest BCUT2D eigenvalue weighted by Crippen LogP contribution is 2.34. The van der Waals surface area contributed by atoms with E-state index in [1.165, 1.54) is 0 Å². The lowest BCUT2D eigenvalue weighted by molar-refractivity contribution is -0.283. The van der Waals surface area contributed by atoms with E-state index in [1.54, 1.807) is 13.2 Å². The minimum Gasteiger partial charge on any atom is -0.352 e. The summed E-state index contributed by atoms with van der Waals surface area (Å²) in [6.07, 6.45) is 2.60. The number of hydrogen-bond donors (Lipinski definition) is 0. The zero-order valence-electron chi connectivity index (χ0n) is 11.4. The smallest absolute Gasteiger partial charge is 0.184 e. The summed E-state index contributed by atoms with van der Waals surface area (Å²) in [5.41, 5.74) is 1.99. The van der Waals surface area contributed by atoms with E-state index in [4.69, 9.17) is 18.9 Å². The van der Waals surface area contributed by atoms with Crippen LogP contribution in [0.25, 0.3) is 0 Å². The molecule has 4 nitrogen and oxygen atoms in total. The van der Waals surface area contributed by atoms with Crippen LogP contribution in [0.3, 0.4) is 0 Å². The molecule has 4 heteroatoms. The van der Waals surface area contributed by atoms with Gasteiger partial charge in [0.15, 0.2) is 12.6 Å². The lowest BCUT2D eigenvalue weighted by atomic mass is 10.00. The molecule has 1 aromatic carbocycles. The number of ether oxygens (including phenoxy) is 4. The van der Waals surface area contributed by atoms with E-state index in [9.17, 15) is 0 Å². The van der Waals surface area contributed by atoms with Crippen molar-refractivity contribution in [3.63, 3.8) is 0 Å². The lowest BCUT2D eigenvalue weighted by Crippen LogP contribution is -2.47. The van der Waals surface area contributed by atoms with E-state index >= 15 is 0 Å². The first-order valence-electron chi connectivity index (χ1n) is 6.66. The maximum atomic E-state index is 6.03. The van der Waals surface area contributed by atoms with Gasteiger partial charge in [0.1, 0.15) is 12.2 Å². The highest BCUT2D eigenvalue weighted by atomic mass is 16.7. The second-order valence-corrected chi connectivity index (χ2v) is 4.78. The van der Waals surface area contributed by atoms with Crippen molar-refractivity contribution in [2.45, 2.75) is 24.8 Å². The Hall–Kier alpha value is -1.46. The monoisotopic (exact) mass is 274 g/mol. The van der Waals surface area contributed by atoms with Gasteiger partial charge in [-0.25, -0.2) is 0 Å². The third kappa shape index (κ3) is 2.55. The molecule has 0 saturated carbocycles. The molecule has 0 spiro atoms. The Labute approximate surface area is 118 Å². The van der Waals surface area contributed by atoms with Gasteiger partial charge >= 0.3 is 0 Å². The molecule has 0 amide bonds. The molecule has 0 radical (unpaired) electrons. The normalized spacial score (nSPS) is 33.1. The fraction of sp³-hybridized carbons (Fsp3) is 0.375. The molecule has 3 rings (SSSR count). The Kier molecular flexibility index (Phi) is 3.98. The lowest BCUT2D eigenvalue weighted by Gasteiger charge is -2.41. The third-order valence-corrected chi connectivity index (χ3v) is 3.53. The molecule has 1 saturated heterocycles. The van der Waals surface area contributed by atoms with Gasteiger partial charge in [-0.2, -0.15) is 0 Å². The Morgan fingerprint density at radius 2 is 2.05 bits per heavy atom. The summed E-state index contributed by atoms with van der Waals surface area (Å²) in [6.45, 7) is 4.31. The van der Waals surface area contributed by atoms with Gasteiger partial charge in [0.25, 0.3) is 0 Å². The standard InChI is InChI=1S/C16H18O4/c1-3-11-9-14(17-2)19-13-10-18-16(20-15(11)13)12-7-5-4-6-8-12/h3-9,13-16H,1,10H2,2H3/t13-,14+,15+,16?/m1/s1. The van der Waals surface area contributed by atoms with Crippen molar-refractivity contribution in [3.05, 3.63) is 60.2 Å². The van der Waals surface area contributed by atoms with Crippen LogP contribution in [0, 0.1) is 0 Å². The second kappa shape index (κ2) is 5.89. The van der Waals surface area contributed by atoms with E-state index in [0.717, 1.165) is 11.1 Å². The average Bonchev–Trinajstić information content (AvgIpc) is 2.54. The Bertz CT molecular complexity index is 496. The minimum atomic E-state index is -0.372. The van der Waals surface area contributed by atoms with Crippen LogP contribution >= 0.6 is 0 Å².